The van der Waals surface area contributed by atoms with Crippen molar-refractivity contribution in [1.82, 2.24) is 5.32 Å². The van der Waals surface area contributed by atoms with Crippen LogP contribution in [0.1, 0.15) is 13.8 Å². The number of carbonyl (C=O) groups excluding carboxylic acids is 1. The summed E-state index contributed by atoms with van der Waals surface area (Å²) in [5, 5.41) is 1.16. The summed E-state index contributed by atoms with van der Waals surface area (Å²) in [5.41, 5.74) is 0. The molecule has 0 bridgehead atoms. The second-order valence-corrected chi connectivity index (χ2v) is 4.43. The lowest BCUT2D eigenvalue weighted by Gasteiger charge is -2.23. The highest BCUT2D eigenvalue weighted by Crippen LogP contribution is 2.02. The molecular weight excluding hydrogens is 194 g/mol. The third kappa shape index (κ3) is 4.05. The van der Waals surface area contributed by atoms with Crippen molar-refractivity contribution in [2.45, 2.75) is 25.1 Å². The van der Waals surface area contributed by atoms with Crippen LogP contribution in [0, 0.1) is 0 Å². The molecule has 6 heteroatoms. The van der Waals surface area contributed by atoms with Gasteiger partial charge in [-0.05, 0) is 19.9 Å². The zero-order valence-corrected chi connectivity index (χ0v) is 8.30. The maximum Gasteiger partial charge on any atom is 0.243 e. The van der Waals surface area contributed by atoms with E-state index < -0.39 is 27.3 Å². The first-order valence-electron chi connectivity index (χ1n) is 3.66. The highest BCUT2D eigenvalue weighted by Gasteiger charge is 2.18. The van der Waals surface area contributed by atoms with Crippen LogP contribution in [0.5, 0.6) is 0 Å². The Morgan fingerprint density at radius 3 is 2.31 bits per heavy atom. The monoisotopic (exact) mass is 206 g/mol. The second kappa shape index (κ2) is 4.38. The molecule has 0 aromatic rings. The van der Waals surface area contributed by atoms with Crippen LogP contribution >= 0.6 is 0 Å². The molecule has 0 spiro atoms. The molecule has 1 N–H and O–H groups in total. The molecule has 76 valence electrons. The van der Waals surface area contributed by atoms with Crippen LogP contribution < -0.4 is 5.32 Å². The molecule has 0 fully saturated rings. The average molecular weight is 206 g/mol. The van der Waals surface area contributed by atoms with E-state index in [4.69, 9.17) is 0 Å². The van der Waals surface area contributed by atoms with Crippen LogP contribution in [0.25, 0.3) is 0 Å². The van der Waals surface area contributed by atoms with Gasteiger partial charge in [0.05, 0.1) is 15.4 Å². The number of rotatable bonds is 4. The minimum Gasteiger partial charge on any atom is -0.748 e. The fraction of sp³-hybridized carbons (Fsp3) is 0.571. The van der Waals surface area contributed by atoms with Gasteiger partial charge in [0.25, 0.3) is 0 Å². The van der Waals surface area contributed by atoms with Gasteiger partial charge < -0.3 is 9.87 Å². The van der Waals surface area contributed by atoms with E-state index in [1.165, 1.54) is 13.8 Å². The van der Waals surface area contributed by atoms with Crippen LogP contribution in [0.2, 0.25) is 0 Å². The number of hydrogen-bond donors (Lipinski definition) is 1. The van der Waals surface area contributed by atoms with Gasteiger partial charge >= 0.3 is 0 Å². The highest BCUT2D eigenvalue weighted by molar-refractivity contribution is 7.86. The van der Waals surface area contributed by atoms with Gasteiger partial charge in [0.1, 0.15) is 0 Å². The van der Waals surface area contributed by atoms with Gasteiger partial charge in [0, 0.05) is 6.04 Å². The third-order valence-corrected chi connectivity index (χ3v) is 3.03. The smallest absolute Gasteiger partial charge is 0.243 e. The largest absolute Gasteiger partial charge is 0.748 e. The van der Waals surface area contributed by atoms with Crippen molar-refractivity contribution in [2.24, 2.45) is 0 Å². The molecule has 0 aliphatic heterocycles. The maximum absolute atomic E-state index is 10.7. The summed E-state index contributed by atoms with van der Waals surface area (Å²) in [5.74, 6) is -0.497. The summed E-state index contributed by atoms with van der Waals surface area (Å²) in [6, 6.07) is -0.715. The van der Waals surface area contributed by atoms with Crippen molar-refractivity contribution < 1.29 is 17.8 Å². The molecule has 0 saturated carbocycles. The number of amides is 1. The summed E-state index contributed by atoms with van der Waals surface area (Å²) in [6.07, 6.45) is 1.01. The maximum atomic E-state index is 10.7. The standard InChI is InChI=1S/C7H13NO4S/c1-4-7(9)8-5(2)6(3)13(10,11)12/h4-6H,1H2,2-3H3,(H,8,9)(H,10,11,12)/p-1. The zero-order chi connectivity index (χ0) is 10.6. The minimum absolute atomic E-state index is 0.497. The van der Waals surface area contributed by atoms with E-state index in [0.717, 1.165) is 6.08 Å². The van der Waals surface area contributed by atoms with Gasteiger partial charge in [-0.1, -0.05) is 6.58 Å². The van der Waals surface area contributed by atoms with Gasteiger partial charge in [-0.15, -0.1) is 0 Å². The van der Waals surface area contributed by atoms with Gasteiger partial charge in [0.2, 0.25) is 5.91 Å². The predicted molar refractivity (Wildman–Crippen MR) is 47.0 cm³/mol. The van der Waals surface area contributed by atoms with E-state index in [1.54, 1.807) is 0 Å². The Labute approximate surface area is 77.6 Å². The van der Waals surface area contributed by atoms with Gasteiger partial charge in [-0.2, -0.15) is 0 Å². The molecule has 0 radical (unpaired) electrons. The van der Waals surface area contributed by atoms with Crippen molar-refractivity contribution in [3.8, 4) is 0 Å². The van der Waals surface area contributed by atoms with Crippen LogP contribution in [0.4, 0.5) is 0 Å². The van der Waals surface area contributed by atoms with Crippen molar-refractivity contribution >= 4 is 16.0 Å². The number of carbonyl (C=O) groups is 1. The second-order valence-electron chi connectivity index (χ2n) is 2.70. The van der Waals surface area contributed by atoms with Crippen LogP contribution in [-0.2, 0) is 14.9 Å². The molecule has 0 heterocycles. The SMILES string of the molecule is C=CC(=O)NC(C)C(C)S(=O)(=O)[O-]. The number of hydrogen-bond acceptors (Lipinski definition) is 4. The van der Waals surface area contributed by atoms with Crippen molar-refractivity contribution in [1.29, 1.82) is 0 Å². The molecular formula is C7H12NO4S-. The van der Waals surface area contributed by atoms with Gasteiger partial charge in [-0.25, -0.2) is 8.42 Å². The van der Waals surface area contributed by atoms with E-state index in [-0.39, 0.29) is 0 Å². The van der Waals surface area contributed by atoms with E-state index in [1.807, 2.05) is 0 Å². The molecule has 0 rings (SSSR count). The fourth-order valence-electron chi connectivity index (χ4n) is 0.651. The Morgan fingerprint density at radius 2 is 2.00 bits per heavy atom. The highest BCUT2D eigenvalue weighted by atomic mass is 32.2. The Balaban J connectivity index is 4.36. The Bertz CT molecular complexity index is 296. The number of nitrogens with one attached hydrogen (secondary N) is 1. The Hall–Kier alpha value is -0.880. The zero-order valence-electron chi connectivity index (χ0n) is 7.48. The molecule has 5 nitrogen and oxygen atoms in total. The van der Waals surface area contributed by atoms with Crippen molar-refractivity contribution in [3.63, 3.8) is 0 Å². The molecule has 0 aliphatic rings. The van der Waals surface area contributed by atoms with Crippen molar-refractivity contribution in [3.05, 3.63) is 12.7 Å². The van der Waals surface area contributed by atoms with Gasteiger partial charge in [0.15, 0.2) is 0 Å². The quantitative estimate of drug-likeness (QED) is 0.501. The summed E-state index contributed by atoms with van der Waals surface area (Å²) >= 11 is 0. The summed E-state index contributed by atoms with van der Waals surface area (Å²) in [6.45, 7) is 5.89. The minimum atomic E-state index is -4.35. The average Bonchev–Trinajstić information content (AvgIpc) is 2.01. The normalized spacial score (nSPS) is 15.9. The Kier molecular flexibility index (Phi) is 4.09. The molecule has 13 heavy (non-hydrogen) atoms. The molecule has 0 aromatic heterocycles. The summed E-state index contributed by atoms with van der Waals surface area (Å²) in [7, 11) is -4.35. The van der Waals surface area contributed by atoms with Crippen LogP contribution in [0.15, 0.2) is 12.7 Å². The molecule has 0 aromatic carbocycles. The molecule has 2 unspecified atom stereocenters. The first-order valence-corrected chi connectivity index (χ1v) is 5.13. The fourth-order valence-corrected chi connectivity index (χ4v) is 1.22. The predicted octanol–water partition coefficient (Wildman–Crippen LogP) is -0.389. The molecule has 0 aliphatic carbocycles. The molecule has 0 saturated heterocycles. The summed E-state index contributed by atoms with van der Waals surface area (Å²) in [4.78, 5) is 10.7. The van der Waals surface area contributed by atoms with Crippen LogP contribution in [0.3, 0.4) is 0 Å². The van der Waals surface area contributed by atoms with Crippen molar-refractivity contribution in [2.75, 3.05) is 0 Å². The first kappa shape index (κ1) is 12.1. The van der Waals surface area contributed by atoms with E-state index in [0.29, 0.717) is 0 Å². The topological polar surface area (TPSA) is 86.3 Å². The van der Waals surface area contributed by atoms with E-state index >= 15 is 0 Å². The third-order valence-electron chi connectivity index (χ3n) is 1.71. The first-order chi connectivity index (χ1) is 5.79. The van der Waals surface area contributed by atoms with Gasteiger partial charge in [-0.3, -0.25) is 4.79 Å². The lowest BCUT2D eigenvalue weighted by molar-refractivity contribution is -0.117. The lowest BCUT2D eigenvalue weighted by atomic mass is 10.2. The molecule has 1 amide bonds. The summed E-state index contributed by atoms with van der Waals surface area (Å²) < 4.78 is 31.5. The van der Waals surface area contributed by atoms with E-state index in [9.17, 15) is 17.8 Å². The Morgan fingerprint density at radius 1 is 1.54 bits per heavy atom. The lowest BCUT2D eigenvalue weighted by Crippen LogP contribution is -2.42. The van der Waals surface area contributed by atoms with Crippen LogP contribution in [-0.4, -0.2) is 30.2 Å². The molecule has 2 atom stereocenters. The van der Waals surface area contributed by atoms with E-state index in [2.05, 4.69) is 11.9 Å².